The monoisotopic (exact) mass is 437 g/mol. The zero-order chi connectivity index (χ0) is 22.7. The maximum Gasteiger partial charge on any atom is 0.328 e. The number of carboxylic acids is 1. The number of carboxylic acid groups (broad SMARTS) is 1. The van der Waals surface area contributed by atoms with Gasteiger partial charge < -0.3 is 42.7 Å². The van der Waals surface area contributed by atoms with Crippen LogP contribution in [0, 0.1) is 0 Å². The normalized spacial score (nSPS) is 15.9. The first-order valence-electron chi connectivity index (χ1n) is 8.52. The summed E-state index contributed by atoms with van der Waals surface area (Å²) < 4.78 is 0. The molecule has 4 amide bonds. The van der Waals surface area contributed by atoms with Crippen LogP contribution in [-0.2, 0) is 24.0 Å². The van der Waals surface area contributed by atoms with E-state index in [0.717, 1.165) is 6.92 Å². The van der Waals surface area contributed by atoms with Crippen molar-refractivity contribution in [2.24, 2.45) is 11.5 Å². The summed E-state index contributed by atoms with van der Waals surface area (Å²) in [5.74, 6) is -5.05. The number of hydrogen-bond donors (Lipinski definition) is 9. The van der Waals surface area contributed by atoms with Gasteiger partial charge in [0.25, 0.3) is 0 Å². The van der Waals surface area contributed by atoms with Gasteiger partial charge in [-0.2, -0.15) is 12.6 Å². The molecule has 0 fully saturated rings. The van der Waals surface area contributed by atoms with E-state index < -0.39 is 66.5 Å². The van der Waals surface area contributed by atoms with Crippen LogP contribution in [0.2, 0.25) is 0 Å². The Balaban J connectivity index is 5.24. The molecule has 0 heterocycles. The van der Waals surface area contributed by atoms with Crippen LogP contribution >= 0.6 is 12.6 Å². The van der Waals surface area contributed by atoms with Crippen molar-refractivity contribution in [1.82, 2.24) is 16.0 Å². The molecule has 14 heteroatoms. The minimum atomic E-state index is -1.67. The average Bonchev–Trinajstić information content (AvgIpc) is 2.65. The van der Waals surface area contributed by atoms with Crippen LogP contribution < -0.4 is 27.4 Å². The van der Waals surface area contributed by atoms with Crippen LogP contribution in [-0.4, -0.2) is 87.5 Å². The van der Waals surface area contributed by atoms with Gasteiger partial charge in [0.1, 0.15) is 12.1 Å². The van der Waals surface area contributed by atoms with Crippen molar-refractivity contribution in [3.05, 3.63) is 0 Å². The van der Waals surface area contributed by atoms with Crippen molar-refractivity contribution in [2.75, 3.05) is 12.4 Å². The van der Waals surface area contributed by atoms with Gasteiger partial charge in [0.2, 0.25) is 23.6 Å². The van der Waals surface area contributed by atoms with E-state index in [9.17, 15) is 34.2 Å². The fraction of sp³-hybridized carbons (Fsp3) is 0.667. The Morgan fingerprint density at radius 1 is 1.00 bits per heavy atom. The predicted octanol–water partition coefficient (Wildman–Crippen LogP) is -4.58. The van der Waals surface area contributed by atoms with E-state index in [-0.39, 0.29) is 18.6 Å². The molecular formula is C15H27N5O8S. The molecule has 0 spiro atoms. The fourth-order valence-electron chi connectivity index (χ4n) is 2.03. The Hall–Kier alpha value is -2.42. The Bertz CT molecular complexity index is 618. The summed E-state index contributed by atoms with van der Waals surface area (Å²) in [5.41, 5.74) is 10.6. The SMILES string of the molecule is CC(O)C(NC(=O)C(CO)NC(=O)C(CCC(N)=O)NC(=O)C(N)CS)C(=O)O. The smallest absolute Gasteiger partial charge is 0.328 e. The molecule has 0 aromatic heterocycles. The van der Waals surface area contributed by atoms with Crippen LogP contribution in [0.1, 0.15) is 19.8 Å². The number of amides is 4. The number of rotatable bonds is 13. The van der Waals surface area contributed by atoms with Gasteiger partial charge in [-0.05, 0) is 13.3 Å². The lowest BCUT2D eigenvalue weighted by Gasteiger charge is -2.24. The van der Waals surface area contributed by atoms with Gasteiger partial charge in [0, 0.05) is 12.2 Å². The standard InChI is InChI=1S/C15H27N5O8S/c1-6(22)11(15(27)28)20-14(26)9(4-21)19-13(25)8(2-3-10(17)23)18-12(24)7(16)5-29/h6-9,11,21-22,29H,2-5,16H2,1H3,(H2,17,23)(H,18,24)(H,19,25)(H,20,26)(H,27,28). The molecule has 166 valence electrons. The van der Waals surface area contributed by atoms with E-state index in [1.54, 1.807) is 0 Å². The molecule has 5 unspecified atom stereocenters. The zero-order valence-corrected chi connectivity index (χ0v) is 16.6. The summed E-state index contributed by atoms with van der Waals surface area (Å²) in [7, 11) is 0. The van der Waals surface area contributed by atoms with E-state index in [0.29, 0.717) is 0 Å². The third kappa shape index (κ3) is 9.56. The number of hydrogen-bond acceptors (Lipinski definition) is 9. The Kier molecular flexibility index (Phi) is 11.8. The predicted molar refractivity (Wildman–Crippen MR) is 102 cm³/mol. The largest absolute Gasteiger partial charge is 0.480 e. The maximum atomic E-state index is 12.4. The van der Waals surface area contributed by atoms with Crippen molar-refractivity contribution < 1.29 is 39.3 Å². The van der Waals surface area contributed by atoms with Gasteiger partial charge in [0.05, 0.1) is 18.8 Å². The molecule has 0 aliphatic carbocycles. The van der Waals surface area contributed by atoms with Crippen LogP contribution in [0.15, 0.2) is 0 Å². The van der Waals surface area contributed by atoms with Crippen LogP contribution in [0.25, 0.3) is 0 Å². The number of aliphatic hydroxyl groups excluding tert-OH is 2. The van der Waals surface area contributed by atoms with Crippen molar-refractivity contribution in [3.8, 4) is 0 Å². The molecule has 0 aliphatic rings. The molecule has 0 bridgehead atoms. The number of nitrogens with one attached hydrogen (secondary N) is 3. The number of aliphatic carboxylic acids is 1. The first-order chi connectivity index (χ1) is 13.4. The van der Waals surface area contributed by atoms with Gasteiger partial charge in [-0.1, -0.05) is 0 Å². The Labute approximate surface area is 172 Å². The average molecular weight is 437 g/mol. The topological polar surface area (TPSA) is 234 Å². The second kappa shape index (κ2) is 12.9. The molecule has 0 aromatic rings. The second-order valence-corrected chi connectivity index (χ2v) is 6.53. The van der Waals surface area contributed by atoms with Crippen molar-refractivity contribution in [1.29, 1.82) is 0 Å². The van der Waals surface area contributed by atoms with E-state index in [4.69, 9.17) is 16.6 Å². The molecule has 29 heavy (non-hydrogen) atoms. The third-order valence-electron chi connectivity index (χ3n) is 3.71. The third-order valence-corrected chi connectivity index (χ3v) is 4.10. The van der Waals surface area contributed by atoms with Crippen LogP contribution in [0.4, 0.5) is 0 Å². The Morgan fingerprint density at radius 3 is 1.93 bits per heavy atom. The highest BCUT2D eigenvalue weighted by atomic mass is 32.1. The van der Waals surface area contributed by atoms with Crippen LogP contribution in [0.5, 0.6) is 0 Å². The highest BCUT2D eigenvalue weighted by molar-refractivity contribution is 7.80. The first-order valence-corrected chi connectivity index (χ1v) is 9.15. The zero-order valence-electron chi connectivity index (χ0n) is 15.7. The molecule has 0 rings (SSSR count). The van der Waals surface area contributed by atoms with Crippen molar-refractivity contribution in [2.45, 2.75) is 50.0 Å². The molecule has 0 radical (unpaired) electrons. The lowest BCUT2D eigenvalue weighted by molar-refractivity contribution is -0.145. The van der Waals surface area contributed by atoms with E-state index in [1.807, 2.05) is 5.32 Å². The highest BCUT2D eigenvalue weighted by Gasteiger charge is 2.31. The summed E-state index contributed by atoms with van der Waals surface area (Å²) in [6, 6.07) is -5.61. The van der Waals surface area contributed by atoms with Gasteiger partial charge in [-0.3, -0.25) is 19.2 Å². The first kappa shape index (κ1) is 26.6. The van der Waals surface area contributed by atoms with Crippen molar-refractivity contribution in [3.63, 3.8) is 0 Å². The number of primary amides is 1. The van der Waals surface area contributed by atoms with Gasteiger partial charge in [-0.15, -0.1) is 0 Å². The number of aliphatic hydroxyl groups is 2. The van der Waals surface area contributed by atoms with Crippen molar-refractivity contribution >= 4 is 42.2 Å². The van der Waals surface area contributed by atoms with Gasteiger partial charge >= 0.3 is 5.97 Å². The molecular weight excluding hydrogens is 410 g/mol. The highest BCUT2D eigenvalue weighted by Crippen LogP contribution is 2.01. The number of carbonyl (C=O) groups excluding carboxylic acids is 4. The molecule has 13 nitrogen and oxygen atoms in total. The van der Waals surface area contributed by atoms with E-state index in [1.165, 1.54) is 0 Å². The summed E-state index contributed by atoms with van der Waals surface area (Å²) in [4.78, 5) is 58.5. The quantitative estimate of drug-likeness (QED) is 0.126. The Morgan fingerprint density at radius 2 is 1.52 bits per heavy atom. The molecule has 0 aromatic carbocycles. The summed E-state index contributed by atoms with van der Waals surface area (Å²) in [6.45, 7) is 0.224. The van der Waals surface area contributed by atoms with E-state index in [2.05, 4.69) is 23.3 Å². The molecule has 0 saturated carbocycles. The number of nitrogens with two attached hydrogens (primary N) is 2. The van der Waals surface area contributed by atoms with Gasteiger partial charge in [-0.25, -0.2) is 4.79 Å². The van der Waals surface area contributed by atoms with E-state index >= 15 is 0 Å². The summed E-state index contributed by atoms with van der Waals surface area (Å²) in [5, 5.41) is 34.1. The van der Waals surface area contributed by atoms with Crippen LogP contribution in [0.3, 0.4) is 0 Å². The summed E-state index contributed by atoms with van der Waals surface area (Å²) in [6.07, 6.45) is -1.93. The fourth-order valence-corrected chi connectivity index (χ4v) is 2.19. The molecule has 0 saturated heterocycles. The number of carbonyl (C=O) groups is 5. The molecule has 0 aliphatic heterocycles. The summed E-state index contributed by atoms with van der Waals surface area (Å²) >= 11 is 3.86. The maximum absolute atomic E-state index is 12.4. The second-order valence-electron chi connectivity index (χ2n) is 6.16. The molecule has 10 N–H and O–H groups in total. The lowest BCUT2D eigenvalue weighted by atomic mass is 10.1. The van der Waals surface area contributed by atoms with Gasteiger partial charge in [0.15, 0.2) is 6.04 Å². The number of thiol groups is 1. The minimum absolute atomic E-state index is 0.0203. The minimum Gasteiger partial charge on any atom is -0.480 e. The molecule has 5 atom stereocenters. The lowest BCUT2D eigenvalue weighted by Crippen LogP contribution is -2.59.